The molecule has 2 aromatic rings. The Kier molecular flexibility index (Phi) is 9.01. The summed E-state index contributed by atoms with van der Waals surface area (Å²) in [5.41, 5.74) is 2.19. The Labute approximate surface area is 142 Å². The molecule has 2 aromatic heterocycles. The Morgan fingerprint density at radius 3 is 2.68 bits per heavy atom. The van der Waals surface area contributed by atoms with Gasteiger partial charge in [0, 0.05) is 25.8 Å². The number of hydrogen-bond acceptors (Lipinski definition) is 4. The molecule has 22 heavy (non-hydrogen) atoms. The van der Waals surface area contributed by atoms with Crippen molar-refractivity contribution in [2.75, 3.05) is 19.6 Å². The minimum Gasteiger partial charge on any atom is -0.351 e. The number of nitrogens with one attached hydrogen (secondary N) is 2. The van der Waals surface area contributed by atoms with E-state index in [4.69, 9.17) is 0 Å². The number of fused-ring (bicyclic) bond motifs is 1. The summed E-state index contributed by atoms with van der Waals surface area (Å²) in [6.07, 6.45) is 2.78. The second-order valence-electron chi connectivity index (χ2n) is 4.82. The Bertz CT molecular complexity index is 615. The zero-order valence-electron chi connectivity index (χ0n) is 13.0. The summed E-state index contributed by atoms with van der Waals surface area (Å²) in [6, 6.07) is 1.80. The van der Waals surface area contributed by atoms with Crippen molar-refractivity contribution in [2.24, 2.45) is 7.05 Å². The molecule has 0 aromatic carbocycles. The number of carbonyl (C=O) groups is 1. The Hall–Kier alpha value is -1.37. The van der Waals surface area contributed by atoms with E-state index < -0.39 is 0 Å². The standard InChI is InChI=1S/C14H21N5O.2ClH/c1-4-5-15-6-7-16-14(20)11-8-10(2)18-13-12(11)9-17-19(13)3;;/h8-9,15H,4-7H2,1-3H3,(H,16,20);2*1H. The molecule has 0 saturated heterocycles. The highest BCUT2D eigenvalue weighted by Crippen LogP contribution is 2.17. The fraction of sp³-hybridized carbons (Fsp3) is 0.500. The van der Waals surface area contributed by atoms with Gasteiger partial charge < -0.3 is 10.6 Å². The van der Waals surface area contributed by atoms with Crippen LogP contribution in [-0.4, -0.2) is 40.3 Å². The maximum absolute atomic E-state index is 12.2. The van der Waals surface area contributed by atoms with Gasteiger partial charge in [-0.15, -0.1) is 24.8 Å². The van der Waals surface area contributed by atoms with E-state index in [-0.39, 0.29) is 30.7 Å². The molecule has 0 fully saturated rings. The molecule has 0 bridgehead atoms. The molecule has 0 saturated carbocycles. The highest BCUT2D eigenvalue weighted by molar-refractivity contribution is 6.05. The summed E-state index contributed by atoms with van der Waals surface area (Å²) in [5, 5.41) is 11.1. The summed E-state index contributed by atoms with van der Waals surface area (Å²) >= 11 is 0. The SMILES string of the molecule is CCCNCCNC(=O)c1cc(C)nc2c1cnn2C.Cl.Cl. The van der Waals surface area contributed by atoms with Gasteiger partial charge in [0.25, 0.3) is 5.91 Å². The van der Waals surface area contributed by atoms with Crippen LogP contribution in [0.3, 0.4) is 0 Å². The van der Waals surface area contributed by atoms with Crippen LogP contribution in [0.15, 0.2) is 12.3 Å². The van der Waals surface area contributed by atoms with Crippen LogP contribution in [0, 0.1) is 6.92 Å². The van der Waals surface area contributed by atoms with Gasteiger partial charge in [-0.25, -0.2) is 4.98 Å². The summed E-state index contributed by atoms with van der Waals surface area (Å²) < 4.78 is 1.68. The Morgan fingerprint density at radius 1 is 1.27 bits per heavy atom. The smallest absolute Gasteiger partial charge is 0.252 e. The number of amides is 1. The number of halogens is 2. The van der Waals surface area contributed by atoms with Gasteiger partial charge >= 0.3 is 0 Å². The molecule has 0 aliphatic carbocycles. The van der Waals surface area contributed by atoms with Crippen molar-refractivity contribution < 1.29 is 4.79 Å². The first-order chi connectivity index (χ1) is 9.63. The molecular formula is C14H23Cl2N5O. The summed E-state index contributed by atoms with van der Waals surface area (Å²) in [4.78, 5) is 16.7. The van der Waals surface area contributed by atoms with E-state index in [0.29, 0.717) is 12.1 Å². The summed E-state index contributed by atoms with van der Waals surface area (Å²) in [5.74, 6) is -0.0770. The van der Waals surface area contributed by atoms with Crippen LogP contribution in [0.4, 0.5) is 0 Å². The number of nitrogens with zero attached hydrogens (tertiary/aromatic N) is 3. The summed E-state index contributed by atoms with van der Waals surface area (Å²) in [6.45, 7) is 6.36. The van der Waals surface area contributed by atoms with E-state index in [1.54, 1.807) is 16.9 Å². The maximum Gasteiger partial charge on any atom is 0.252 e. The van der Waals surface area contributed by atoms with Crippen LogP contribution in [-0.2, 0) is 7.05 Å². The number of rotatable bonds is 6. The van der Waals surface area contributed by atoms with Crippen LogP contribution in [0.2, 0.25) is 0 Å². The molecule has 124 valence electrons. The molecule has 1 amide bonds. The molecular weight excluding hydrogens is 325 g/mol. The van der Waals surface area contributed by atoms with Gasteiger partial charge in [0.1, 0.15) is 0 Å². The third-order valence-corrected chi connectivity index (χ3v) is 3.09. The van der Waals surface area contributed by atoms with Crippen molar-refractivity contribution >= 4 is 41.8 Å². The van der Waals surface area contributed by atoms with Crippen molar-refractivity contribution in [1.82, 2.24) is 25.4 Å². The maximum atomic E-state index is 12.2. The third kappa shape index (κ3) is 4.83. The lowest BCUT2D eigenvalue weighted by Gasteiger charge is -2.08. The molecule has 0 unspecified atom stereocenters. The first-order valence-corrected chi connectivity index (χ1v) is 6.91. The van der Waals surface area contributed by atoms with Gasteiger partial charge in [-0.05, 0) is 26.0 Å². The lowest BCUT2D eigenvalue weighted by Crippen LogP contribution is -2.32. The fourth-order valence-corrected chi connectivity index (χ4v) is 2.09. The van der Waals surface area contributed by atoms with Gasteiger partial charge in [0.05, 0.1) is 17.1 Å². The molecule has 6 nitrogen and oxygen atoms in total. The predicted octanol–water partition coefficient (Wildman–Crippen LogP) is 1.85. The highest BCUT2D eigenvalue weighted by Gasteiger charge is 2.14. The van der Waals surface area contributed by atoms with E-state index in [1.807, 2.05) is 14.0 Å². The van der Waals surface area contributed by atoms with Crippen molar-refractivity contribution in [1.29, 1.82) is 0 Å². The summed E-state index contributed by atoms with van der Waals surface area (Å²) in [7, 11) is 1.82. The zero-order chi connectivity index (χ0) is 14.5. The molecule has 0 aliphatic heterocycles. The Morgan fingerprint density at radius 2 is 2.00 bits per heavy atom. The molecule has 8 heteroatoms. The van der Waals surface area contributed by atoms with Crippen LogP contribution < -0.4 is 10.6 Å². The minimum absolute atomic E-state index is 0. The molecule has 2 N–H and O–H groups in total. The quantitative estimate of drug-likeness (QED) is 0.782. The normalized spacial score (nSPS) is 9.95. The van der Waals surface area contributed by atoms with Gasteiger partial charge in [-0.1, -0.05) is 6.92 Å². The number of carbonyl (C=O) groups excluding carboxylic acids is 1. The number of aryl methyl sites for hydroxylation is 2. The fourth-order valence-electron chi connectivity index (χ4n) is 2.09. The second-order valence-corrected chi connectivity index (χ2v) is 4.82. The van der Waals surface area contributed by atoms with E-state index >= 15 is 0 Å². The highest BCUT2D eigenvalue weighted by atomic mass is 35.5. The van der Waals surface area contributed by atoms with Crippen molar-refractivity contribution in [3.8, 4) is 0 Å². The molecule has 2 heterocycles. The molecule has 0 radical (unpaired) electrons. The van der Waals surface area contributed by atoms with Crippen molar-refractivity contribution in [2.45, 2.75) is 20.3 Å². The minimum atomic E-state index is -0.0770. The first kappa shape index (κ1) is 20.6. The van der Waals surface area contributed by atoms with Crippen LogP contribution in [0.5, 0.6) is 0 Å². The van der Waals surface area contributed by atoms with E-state index in [0.717, 1.165) is 36.2 Å². The lowest BCUT2D eigenvalue weighted by molar-refractivity contribution is 0.0955. The molecule has 0 atom stereocenters. The largest absolute Gasteiger partial charge is 0.351 e. The van der Waals surface area contributed by atoms with Gasteiger partial charge in [-0.3, -0.25) is 9.48 Å². The van der Waals surface area contributed by atoms with E-state index in [2.05, 4.69) is 27.6 Å². The molecule has 2 rings (SSSR count). The predicted molar refractivity (Wildman–Crippen MR) is 93.2 cm³/mol. The van der Waals surface area contributed by atoms with E-state index in [9.17, 15) is 4.79 Å². The lowest BCUT2D eigenvalue weighted by atomic mass is 10.1. The Balaban J connectivity index is 0.00000220. The average Bonchev–Trinajstić information content (AvgIpc) is 2.79. The number of pyridine rings is 1. The van der Waals surface area contributed by atoms with Crippen molar-refractivity contribution in [3.05, 3.63) is 23.5 Å². The van der Waals surface area contributed by atoms with Gasteiger partial charge in [0.2, 0.25) is 0 Å². The molecule has 0 spiro atoms. The van der Waals surface area contributed by atoms with Crippen molar-refractivity contribution in [3.63, 3.8) is 0 Å². The number of aromatic nitrogens is 3. The molecule has 0 aliphatic rings. The third-order valence-electron chi connectivity index (χ3n) is 3.09. The first-order valence-electron chi connectivity index (χ1n) is 6.91. The monoisotopic (exact) mass is 347 g/mol. The van der Waals surface area contributed by atoms with E-state index in [1.165, 1.54) is 0 Å². The second kappa shape index (κ2) is 9.61. The van der Waals surface area contributed by atoms with Crippen LogP contribution >= 0.6 is 24.8 Å². The number of hydrogen-bond donors (Lipinski definition) is 2. The average molecular weight is 348 g/mol. The van der Waals surface area contributed by atoms with Gasteiger partial charge in [-0.2, -0.15) is 5.10 Å². The van der Waals surface area contributed by atoms with Crippen LogP contribution in [0.25, 0.3) is 11.0 Å². The van der Waals surface area contributed by atoms with Crippen LogP contribution in [0.1, 0.15) is 29.4 Å². The van der Waals surface area contributed by atoms with Gasteiger partial charge in [0.15, 0.2) is 5.65 Å². The zero-order valence-corrected chi connectivity index (χ0v) is 14.7. The topological polar surface area (TPSA) is 71.8 Å².